The lowest BCUT2D eigenvalue weighted by Gasteiger charge is -2.13. The minimum absolute atomic E-state index is 0.573. The maximum atomic E-state index is 5.20. The lowest BCUT2D eigenvalue weighted by molar-refractivity contribution is 0.780. The van der Waals surface area contributed by atoms with E-state index in [0.717, 1.165) is 51.3 Å². The van der Waals surface area contributed by atoms with Crippen LogP contribution < -0.4 is 0 Å². The quantitative estimate of drug-likeness (QED) is 0.127. The molecule has 0 bridgehead atoms. The second-order valence-electron chi connectivity index (χ2n) is 10.9. The first-order valence-corrected chi connectivity index (χ1v) is 20.8. The van der Waals surface area contributed by atoms with Gasteiger partial charge in [-0.3, -0.25) is 4.98 Å². The molecule has 0 atom stereocenters. The first-order valence-electron chi connectivity index (χ1n) is 15.6. The summed E-state index contributed by atoms with van der Waals surface area (Å²) in [5.41, 5.74) is 3.94. The summed E-state index contributed by atoms with van der Waals surface area (Å²) in [5, 5.41) is 8.91. The number of rotatable bonds is 11. The molecule has 7 heterocycles. The van der Waals surface area contributed by atoms with Gasteiger partial charge in [-0.05, 0) is 78.4 Å². The van der Waals surface area contributed by atoms with Crippen molar-refractivity contribution in [3.8, 4) is 23.2 Å². The Morgan fingerprint density at radius 2 is 1.33 bits per heavy atom. The van der Waals surface area contributed by atoms with Crippen molar-refractivity contribution in [1.29, 1.82) is 0 Å². The first-order chi connectivity index (χ1) is 23.7. The van der Waals surface area contributed by atoms with E-state index < -0.39 is 0 Å². The van der Waals surface area contributed by atoms with E-state index in [1.54, 1.807) is 21.8 Å². The second-order valence-corrected chi connectivity index (χ2v) is 18.3. The van der Waals surface area contributed by atoms with E-state index in [2.05, 4.69) is 52.9 Å². The molecule has 0 saturated carbocycles. The highest BCUT2D eigenvalue weighted by Crippen LogP contribution is 2.64. The van der Waals surface area contributed by atoms with Gasteiger partial charge in [0, 0.05) is 47.3 Å². The predicted octanol–water partition coefficient (Wildman–Crippen LogP) is 10.1. The van der Waals surface area contributed by atoms with Crippen molar-refractivity contribution in [3.05, 3.63) is 108 Å². The first kappa shape index (κ1) is 32.2. The Bertz CT molecular complexity index is 2060. The molecule has 0 N–H and O–H groups in total. The Labute approximate surface area is 304 Å². The fraction of sp³-hybridized carbons (Fsp3) is 0.206. The maximum absolute atomic E-state index is 5.20. The topological polar surface area (TPSA) is 79.2 Å². The Morgan fingerprint density at radius 3 is 1.92 bits per heavy atom. The minimum Gasteiger partial charge on any atom is -0.318 e. The van der Waals surface area contributed by atoms with Gasteiger partial charge in [-0.15, -0.1) is 23.5 Å². The van der Waals surface area contributed by atoms with Gasteiger partial charge in [0.15, 0.2) is 17.5 Å². The van der Waals surface area contributed by atoms with Gasteiger partial charge in [0.2, 0.25) is 0 Å². The van der Waals surface area contributed by atoms with Crippen LogP contribution in [-0.4, -0.2) is 50.6 Å². The molecule has 14 heteroatoms. The highest BCUT2D eigenvalue weighted by atomic mass is 32.3. The molecule has 1 aromatic carbocycles. The van der Waals surface area contributed by atoms with Crippen molar-refractivity contribution in [3.63, 3.8) is 0 Å². The van der Waals surface area contributed by atoms with Crippen molar-refractivity contribution in [2.45, 2.75) is 43.0 Å². The van der Waals surface area contributed by atoms with E-state index in [0.29, 0.717) is 6.54 Å². The molecule has 5 aromatic heterocycles. The number of benzene rings is 1. The van der Waals surface area contributed by atoms with E-state index in [1.165, 1.54) is 39.6 Å². The fourth-order valence-corrected chi connectivity index (χ4v) is 13.8. The van der Waals surface area contributed by atoms with Crippen LogP contribution in [0.1, 0.15) is 32.3 Å². The van der Waals surface area contributed by atoms with Crippen LogP contribution in [0.2, 0.25) is 0 Å². The van der Waals surface area contributed by atoms with Gasteiger partial charge in [0.25, 0.3) is 0 Å². The third-order valence-electron chi connectivity index (χ3n) is 7.37. The van der Waals surface area contributed by atoms with Crippen LogP contribution in [0.5, 0.6) is 0 Å². The van der Waals surface area contributed by atoms with E-state index in [-0.39, 0.29) is 0 Å². The molecule has 8 nitrogen and oxygen atoms in total. The zero-order valence-corrected chi connectivity index (χ0v) is 31.0. The highest BCUT2D eigenvalue weighted by Gasteiger charge is 2.30. The molecule has 0 fully saturated rings. The standard InChI is InChI=1S/C34H30N8S6/c1-3-15-43-31-32(44-16-4-2)48-34(47-31)33-45-26-19-24-25(20-27(26)46-33)40(30(38-24)23-9-5-6-10-35-23)21-22-17-28(41-13-7-11-36-41)39-29(18-22)42-14-8-12-37-42/h5-14,17-20H,3-4,15-16,21H2,1-2H3. The number of thioether (sulfide) groups is 6. The molecule has 2 aliphatic rings. The average molecular weight is 743 g/mol. The molecular weight excluding hydrogens is 713 g/mol. The summed E-state index contributed by atoms with van der Waals surface area (Å²) >= 11 is 11.7. The van der Waals surface area contributed by atoms with E-state index >= 15 is 0 Å². The Kier molecular flexibility index (Phi) is 9.70. The smallest absolute Gasteiger partial charge is 0.160 e. The van der Waals surface area contributed by atoms with Crippen LogP contribution in [0.3, 0.4) is 0 Å². The van der Waals surface area contributed by atoms with Crippen LogP contribution in [-0.2, 0) is 6.54 Å². The maximum Gasteiger partial charge on any atom is 0.160 e. The summed E-state index contributed by atoms with van der Waals surface area (Å²) in [5.74, 6) is 4.60. The molecule has 8 rings (SSSR count). The van der Waals surface area contributed by atoms with Gasteiger partial charge in [-0.1, -0.05) is 67.0 Å². The monoisotopic (exact) mass is 742 g/mol. The second kappa shape index (κ2) is 14.5. The van der Waals surface area contributed by atoms with Gasteiger partial charge >= 0.3 is 0 Å². The molecule has 0 saturated heterocycles. The number of hydrogen-bond acceptors (Lipinski definition) is 11. The molecule has 0 unspecified atom stereocenters. The summed E-state index contributed by atoms with van der Waals surface area (Å²) in [6, 6.07) is 18.5. The molecule has 0 amide bonds. The number of hydrogen-bond donors (Lipinski definition) is 0. The van der Waals surface area contributed by atoms with Crippen molar-refractivity contribution >= 4 is 81.6 Å². The molecule has 0 radical (unpaired) electrons. The molecular formula is C34H30N8S6. The van der Waals surface area contributed by atoms with Gasteiger partial charge in [-0.2, -0.15) is 10.2 Å². The number of imidazole rings is 1. The molecule has 242 valence electrons. The zero-order chi connectivity index (χ0) is 32.5. The Balaban J connectivity index is 1.18. The largest absolute Gasteiger partial charge is 0.318 e. The van der Waals surface area contributed by atoms with Crippen molar-refractivity contribution < 1.29 is 0 Å². The Morgan fingerprint density at radius 1 is 0.688 bits per heavy atom. The number of fused-ring (bicyclic) bond motifs is 2. The summed E-state index contributed by atoms with van der Waals surface area (Å²) in [4.78, 5) is 17.3. The van der Waals surface area contributed by atoms with Gasteiger partial charge < -0.3 is 4.57 Å². The zero-order valence-electron chi connectivity index (χ0n) is 26.1. The van der Waals surface area contributed by atoms with Crippen molar-refractivity contribution in [2.75, 3.05) is 11.5 Å². The van der Waals surface area contributed by atoms with Gasteiger partial charge in [-0.25, -0.2) is 19.3 Å². The molecule has 0 aliphatic carbocycles. The molecule has 6 aromatic rings. The molecule has 0 spiro atoms. The predicted molar refractivity (Wildman–Crippen MR) is 207 cm³/mol. The van der Waals surface area contributed by atoms with E-state index in [1.807, 2.05) is 119 Å². The lowest BCUT2D eigenvalue weighted by Crippen LogP contribution is -2.09. The lowest BCUT2D eigenvalue weighted by atomic mass is 10.2. The van der Waals surface area contributed by atoms with Gasteiger partial charge in [0.05, 0.1) is 28.0 Å². The third kappa shape index (κ3) is 6.62. The van der Waals surface area contributed by atoms with Crippen LogP contribution in [0.4, 0.5) is 0 Å². The third-order valence-corrected chi connectivity index (χ3v) is 16.3. The Hall–Kier alpha value is -3.01. The van der Waals surface area contributed by atoms with Crippen LogP contribution in [0.25, 0.3) is 34.2 Å². The number of aromatic nitrogens is 8. The van der Waals surface area contributed by atoms with Crippen molar-refractivity contribution in [2.24, 2.45) is 0 Å². The summed E-state index contributed by atoms with van der Waals surface area (Å²) in [6.45, 7) is 5.09. The van der Waals surface area contributed by atoms with Crippen LogP contribution in [0, 0.1) is 0 Å². The van der Waals surface area contributed by atoms with Gasteiger partial charge in [0.1, 0.15) is 5.69 Å². The fourth-order valence-electron chi connectivity index (χ4n) is 5.24. The number of pyridine rings is 2. The molecule has 48 heavy (non-hydrogen) atoms. The summed E-state index contributed by atoms with van der Waals surface area (Å²) in [6.07, 6.45) is 11.5. The SMILES string of the molecule is CCCSC1=C(SCCC)SC(=C2Sc3cc4nc(-c5ccccn5)n(Cc5cc(-n6cccn6)nc(-n6cccn6)c5)c4cc3S2)S1. The van der Waals surface area contributed by atoms with Crippen LogP contribution in [0.15, 0.2) is 112 Å². The molecule has 2 aliphatic heterocycles. The van der Waals surface area contributed by atoms with Crippen molar-refractivity contribution in [1.82, 2.24) is 39.1 Å². The summed E-state index contributed by atoms with van der Waals surface area (Å²) < 4.78 is 11.6. The van der Waals surface area contributed by atoms with Crippen LogP contribution >= 0.6 is 70.6 Å². The van der Waals surface area contributed by atoms with E-state index in [4.69, 9.17) is 15.0 Å². The van der Waals surface area contributed by atoms with E-state index in [9.17, 15) is 0 Å². The highest BCUT2D eigenvalue weighted by molar-refractivity contribution is 8.42. The number of nitrogens with zero attached hydrogens (tertiary/aromatic N) is 8. The summed E-state index contributed by atoms with van der Waals surface area (Å²) in [7, 11) is 0. The normalized spacial score (nSPS) is 14.5. The average Bonchev–Trinajstić information content (AvgIpc) is 3.96. The minimum atomic E-state index is 0.573.